The van der Waals surface area contributed by atoms with E-state index < -0.39 is 11.7 Å². The van der Waals surface area contributed by atoms with Crippen LogP contribution in [0, 0.1) is 18.3 Å². The van der Waals surface area contributed by atoms with Crippen molar-refractivity contribution in [2.45, 2.75) is 26.1 Å². The van der Waals surface area contributed by atoms with Crippen molar-refractivity contribution in [3.63, 3.8) is 0 Å². The summed E-state index contributed by atoms with van der Waals surface area (Å²) in [6, 6.07) is 5.75. The van der Waals surface area contributed by atoms with E-state index in [1.165, 1.54) is 18.2 Å². The Kier molecular flexibility index (Phi) is 3.73. The van der Waals surface area contributed by atoms with E-state index >= 15 is 0 Å². The molecule has 0 aliphatic rings. The largest absolute Gasteiger partial charge is 0.418 e. The standard InChI is InChI=1S/C14H13F3N2O/c1-9-7-11-12(19(9)5-2-6-20)4-3-10(8-18)13(11)14(15,16)17/h3-4,7,20H,2,5-6H2,1H3. The van der Waals surface area contributed by atoms with Crippen molar-refractivity contribution < 1.29 is 18.3 Å². The predicted octanol–water partition coefficient (Wildman–Crippen LogP) is 3.22. The van der Waals surface area contributed by atoms with Gasteiger partial charge in [0.25, 0.3) is 0 Å². The van der Waals surface area contributed by atoms with Crippen molar-refractivity contribution in [2.75, 3.05) is 6.61 Å². The van der Waals surface area contributed by atoms with Crippen LogP contribution in [0.3, 0.4) is 0 Å². The minimum atomic E-state index is -4.57. The third kappa shape index (κ3) is 2.37. The monoisotopic (exact) mass is 282 g/mol. The van der Waals surface area contributed by atoms with Crippen LogP contribution in [-0.4, -0.2) is 16.3 Å². The highest BCUT2D eigenvalue weighted by Gasteiger charge is 2.36. The molecule has 20 heavy (non-hydrogen) atoms. The van der Waals surface area contributed by atoms with Gasteiger partial charge in [-0.2, -0.15) is 18.4 Å². The topological polar surface area (TPSA) is 49.0 Å². The van der Waals surface area contributed by atoms with E-state index in [-0.39, 0.29) is 17.6 Å². The smallest absolute Gasteiger partial charge is 0.396 e. The van der Waals surface area contributed by atoms with Gasteiger partial charge in [-0.3, -0.25) is 0 Å². The summed E-state index contributed by atoms with van der Waals surface area (Å²) in [6.07, 6.45) is -4.11. The molecular weight excluding hydrogens is 269 g/mol. The normalized spacial score (nSPS) is 11.8. The van der Waals surface area contributed by atoms with Crippen LogP contribution in [0.1, 0.15) is 23.2 Å². The zero-order valence-electron chi connectivity index (χ0n) is 10.8. The molecule has 3 nitrogen and oxygen atoms in total. The summed E-state index contributed by atoms with van der Waals surface area (Å²) in [7, 11) is 0. The summed E-state index contributed by atoms with van der Waals surface area (Å²) in [5.41, 5.74) is -0.149. The van der Waals surface area contributed by atoms with Gasteiger partial charge in [0.05, 0.1) is 17.2 Å². The SMILES string of the molecule is Cc1cc2c(C(F)(F)F)c(C#N)ccc2n1CCCO. The van der Waals surface area contributed by atoms with Crippen LogP contribution >= 0.6 is 0 Å². The maximum atomic E-state index is 13.2. The molecule has 6 heteroatoms. The van der Waals surface area contributed by atoms with E-state index in [1.807, 2.05) is 0 Å². The third-order valence-electron chi connectivity index (χ3n) is 3.24. The number of hydrogen-bond acceptors (Lipinski definition) is 2. The number of hydrogen-bond donors (Lipinski definition) is 1. The minimum Gasteiger partial charge on any atom is -0.396 e. The molecule has 0 unspecified atom stereocenters. The summed E-state index contributed by atoms with van der Waals surface area (Å²) in [4.78, 5) is 0. The number of nitrogens with zero attached hydrogens (tertiary/aromatic N) is 2. The lowest BCUT2D eigenvalue weighted by molar-refractivity contribution is -0.136. The average molecular weight is 282 g/mol. The second kappa shape index (κ2) is 5.17. The highest BCUT2D eigenvalue weighted by Crippen LogP contribution is 2.38. The van der Waals surface area contributed by atoms with Gasteiger partial charge in [0.1, 0.15) is 0 Å². The third-order valence-corrected chi connectivity index (χ3v) is 3.24. The summed E-state index contributed by atoms with van der Waals surface area (Å²) >= 11 is 0. The Morgan fingerprint density at radius 2 is 2.05 bits per heavy atom. The van der Waals surface area contributed by atoms with Gasteiger partial charge in [-0.25, -0.2) is 0 Å². The number of nitriles is 1. The quantitative estimate of drug-likeness (QED) is 0.939. The van der Waals surface area contributed by atoms with Crippen LogP contribution < -0.4 is 0 Å². The number of fused-ring (bicyclic) bond motifs is 1. The molecule has 1 N–H and O–H groups in total. The minimum absolute atomic E-state index is 0.0263. The molecule has 0 aliphatic carbocycles. The number of halogens is 3. The van der Waals surface area contributed by atoms with Gasteiger partial charge in [-0.1, -0.05) is 0 Å². The fourth-order valence-corrected chi connectivity index (χ4v) is 2.39. The first kappa shape index (κ1) is 14.4. The molecule has 2 aromatic rings. The van der Waals surface area contributed by atoms with Crippen LogP contribution in [0.15, 0.2) is 18.2 Å². The second-order valence-electron chi connectivity index (χ2n) is 4.55. The van der Waals surface area contributed by atoms with Gasteiger partial charge in [-0.05, 0) is 31.5 Å². The molecule has 106 valence electrons. The maximum absolute atomic E-state index is 13.2. The Balaban J connectivity index is 2.74. The Morgan fingerprint density at radius 3 is 2.60 bits per heavy atom. The highest BCUT2D eigenvalue weighted by molar-refractivity contribution is 5.87. The molecule has 0 saturated carbocycles. The van der Waals surface area contributed by atoms with Gasteiger partial charge >= 0.3 is 6.18 Å². The average Bonchev–Trinajstić information content (AvgIpc) is 2.69. The van der Waals surface area contributed by atoms with Crippen LogP contribution in [0.25, 0.3) is 10.9 Å². The number of benzene rings is 1. The van der Waals surface area contributed by atoms with Crippen molar-refractivity contribution in [3.05, 3.63) is 35.0 Å². The first-order chi connectivity index (χ1) is 9.40. The molecule has 0 radical (unpaired) electrons. The van der Waals surface area contributed by atoms with Crippen LogP contribution in [0.2, 0.25) is 0 Å². The predicted molar refractivity (Wildman–Crippen MR) is 68.1 cm³/mol. The van der Waals surface area contributed by atoms with Gasteiger partial charge < -0.3 is 9.67 Å². The molecule has 0 atom stereocenters. The number of aliphatic hydroxyl groups excluding tert-OH is 1. The van der Waals surface area contributed by atoms with E-state index in [1.54, 1.807) is 17.6 Å². The Labute approximate surface area is 113 Å². The molecule has 0 aliphatic heterocycles. The summed E-state index contributed by atoms with van der Waals surface area (Å²) in [6.45, 7) is 2.13. The van der Waals surface area contributed by atoms with Gasteiger partial charge in [0.2, 0.25) is 0 Å². The number of aromatic nitrogens is 1. The molecule has 0 fully saturated rings. The zero-order chi connectivity index (χ0) is 14.9. The Hall–Kier alpha value is -2.00. The number of aryl methyl sites for hydroxylation is 2. The molecule has 0 saturated heterocycles. The lowest BCUT2D eigenvalue weighted by Gasteiger charge is -2.11. The first-order valence-corrected chi connectivity index (χ1v) is 6.11. The number of aliphatic hydroxyl groups is 1. The Bertz CT molecular complexity index is 680. The Morgan fingerprint density at radius 1 is 1.35 bits per heavy atom. The summed E-state index contributed by atoms with van der Waals surface area (Å²) < 4.78 is 41.2. The second-order valence-corrected chi connectivity index (χ2v) is 4.55. The molecule has 1 aromatic carbocycles. The fourth-order valence-electron chi connectivity index (χ4n) is 2.39. The van der Waals surface area contributed by atoms with E-state index in [4.69, 9.17) is 10.4 Å². The van der Waals surface area contributed by atoms with Gasteiger partial charge in [-0.15, -0.1) is 0 Å². The molecule has 1 aromatic heterocycles. The molecule has 0 bridgehead atoms. The lowest BCUT2D eigenvalue weighted by atomic mass is 10.0. The highest BCUT2D eigenvalue weighted by atomic mass is 19.4. The van der Waals surface area contributed by atoms with E-state index in [0.29, 0.717) is 24.2 Å². The number of rotatable bonds is 3. The van der Waals surface area contributed by atoms with Gasteiger partial charge in [0.15, 0.2) is 0 Å². The van der Waals surface area contributed by atoms with E-state index in [9.17, 15) is 13.2 Å². The van der Waals surface area contributed by atoms with Crippen LogP contribution in [0.4, 0.5) is 13.2 Å². The molecular formula is C14H13F3N2O. The van der Waals surface area contributed by atoms with Crippen molar-refractivity contribution in [1.29, 1.82) is 5.26 Å². The van der Waals surface area contributed by atoms with Crippen molar-refractivity contribution in [3.8, 4) is 6.07 Å². The summed E-state index contributed by atoms with van der Waals surface area (Å²) in [5.74, 6) is 0. The van der Waals surface area contributed by atoms with E-state index in [0.717, 1.165) is 0 Å². The maximum Gasteiger partial charge on any atom is 0.418 e. The summed E-state index contributed by atoms with van der Waals surface area (Å²) in [5, 5.41) is 17.8. The van der Waals surface area contributed by atoms with Crippen LogP contribution in [-0.2, 0) is 12.7 Å². The van der Waals surface area contributed by atoms with Crippen LogP contribution in [0.5, 0.6) is 0 Å². The molecule has 0 spiro atoms. The van der Waals surface area contributed by atoms with Gasteiger partial charge in [0, 0.05) is 29.7 Å². The lowest BCUT2D eigenvalue weighted by Crippen LogP contribution is -2.09. The van der Waals surface area contributed by atoms with E-state index in [2.05, 4.69) is 0 Å². The fraction of sp³-hybridized carbons (Fsp3) is 0.357. The molecule has 2 rings (SSSR count). The molecule has 0 amide bonds. The van der Waals surface area contributed by atoms with Crippen molar-refractivity contribution >= 4 is 10.9 Å². The number of alkyl halides is 3. The zero-order valence-corrected chi connectivity index (χ0v) is 10.8. The van der Waals surface area contributed by atoms with Crippen molar-refractivity contribution in [2.24, 2.45) is 0 Å². The molecule has 1 heterocycles. The van der Waals surface area contributed by atoms with Crippen molar-refractivity contribution in [1.82, 2.24) is 4.57 Å². The first-order valence-electron chi connectivity index (χ1n) is 6.11.